The standard InChI is InChI=1S/C10H18N2O3/c1-2-9-7-12(10(13)15-9)8-11-3-5-14-6-4-11/h9H,2-8H2,1H3/t9-/m0/s1. The summed E-state index contributed by atoms with van der Waals surface area (Å²) in [6, 6.07) is 0. The van der Waals surface area contributed by atoms with Crippen molar-refractivity contribution in [2.75, 3.05) is 39.5 Å². The Morgan fingerprint density at radius 3 is 2.73 bits per heavy atom. The molecule has 1 atom stereocenters. The first kappa shape index (κ1) is 10.7. The summed E-state index contributed by atoms with van der Waals surface area (Å²) in [5.74, 6) is 0. The molecule has 0 unspecified atom stereocenters. The van der Waals surface area contributed by atoms with Crippen molar-refractivity contribution in [3.05, 3.63) is 0 Å². The van der Waals surface area contributed by atoms with E-state index in [0.717, 1.165) is 39.3 Å². The van der Waals surface area contributed by atoms with Crippen molar-refractivity contribution in [1.82, 2.24) is 9.80 Å². The number of morpholine rings is 1. The SMILES string of the molecule is CC[C@H]1CN(CN2CCOCC2)C(=O)O1. The highest BCUT2D eigenvalue weighted by atomic mass is 16.6. The quantitative estimate of drug-likeness (QED) is 0.686. The van der Waals surface area contributed by atoms with Gasteiger partial charge in [-0.15, -0.1) is 0 Å². The second-order valence-electron chi connectivity index (χ2n) is 4.01. The molecule has 2 saturated heterocycles. The second-order valence-corrected chi connectivity index (χ2v) is 4.01. The highest BCUT2D eigenvalue weighted by molar-refractivity contribution is 5.69. The van der Waals surface area contributed by atoms with Gasteiger partial charge in [-0.25, -0.2) is 4.79 Å². The van der Waals surface area contributed by atoms with Crippen molar-refractivity contribution in [3.8, 4) is 0 Å². The van der Waals surface area contributed by atoms with Crippen LogP contribution in [-0.2, 0) is 9.47 Å². The summed E-state index contributed by atoms with van der Waals surface area (Å²) < 4.78 is 10.5. The molecule has 5 heteroatoms. The van der Waals surface area contributed by atoms with E-state index in [1.807, 2.05) is 6.92 Å². The van der Waals surface area contributed by atoms with E-state index in [9.17, 15) is 4.79 Å². The number of hydrogen-bond acceptors (Lipinski definition) is 4. The van der Waals surface area contributed by atoms with Gasteiger partial charge in [-0.1, -0.05) is 6.92 Å². The number of nitrogens with zero attached hydrogens (tertiary/aromatic N) is 2. The average Bonchev–Trinajstić information content (AvgIpc) is 2.61. The Labute approximate surface area is 89.9 Å². The number of hydrogen-bond donors (Lipinski definition) is 0. The minimum absolute atomic E-state index is 0.0820. The van der Waals surface area contributed by atoms with E-state index in [1.54, 1.807) is 4.90 Å². The highest BCUT2D eigenvalue weighted by Crippen LogP contribution is 2.14. The van der Waals surface area contributed by atoms with Gasteiger partial charge in [0.2, 0.25) is 0 Å². The molecule has 2 rings (SSSR count). The van der Waals surface area contributed by atoms with Crippen molar-refractivity contribution in [3.63, 3.8) is 0 Å². The molecule has 2 fully saturated rings. The lowest BCUT2D eigenvalue weighted by atomic mass is 10.3. The molecule has 0 aromatic rings. The summed E-state index contributed by atoms with van der Waals surface area (Å²) >= 11 is 0. The van der Waals surface area contributed by atoms with Gasteiger partial charge in [0, 0.05) is 13.1 Å². The predicted molar refractivity (Wildman–Crippen MR) is 54.5 cm³/mol. The maximum Gasteiger partial charge on any atom is 0.411 e. The van der Waals surface area contributed by atoms with Crippen LogP contribution < -0.4 is 0 Å². The first-order chi connectivity index (χ1) is 7.29. The van der Waals surface area contributed by atoms with Gasteiger partial charge in [0.1, 0.15) is 6.10 Å². The molecule has 5 nitrogen and oxygen atoms in total. The molecule has 0 aromatic carbocycles. The molecule has 0 bridgehead atoms. The minimum Gasteiger partial charge on any atom is -0.444 e. The molecule has 2 aliphatic heterocycles. The summed E-state index contributed by atoms with van der Waals surface area (Å²) in [6.45, 7) is 6.78. The smallest absolute Gasteiger partial charge is 0.411 e. The van der Waals surface area contributed by atoms with E-state index in [2.05, 4.69) is 4.90 Å². The summed E-state index contributed by atoms with van der Waals surface area (Å²) in [5, 5.41) is 0. The summed E-state index contributed by atoms with van der Waals surface area (Å²) in [5.41, 5.74) is 0. The van der Waals surface area contributed by atoms with E-state index < -0.39 is 0 Å². The van der Waals surface area contributed by atoms with Crippen LogP contribution in [0.15, 0.2) is 0 Å². The third-order valence-electron chi connectivity index (χ3n) is 2.88. The van der Waals surface area contributed by atoms with Crippen LogP contribution in [0.5, 0.6) is 0 Å². The Bertz CT molecular complexity index is 229. The molecule has 0 saturated carbocycles. The zero-order chi connectivity index (χ0) is 10.7. The topological polar surface area (TPSA) is 42.0 Å². The summed E-state index contributed by atoms with van der Waals surface area (Å²) in [4.78, 5) is 15.5. The number of cyclic esters (lactones) is 1. The van der Waals surface area contributed by atoms with Crippen LogP contribution in [0.25, 0.3) is 0 Å². The summed E-state index contributed by atoms with van der Waals surface area (Å²) in [6.07, 6.45) is 0.803. The van der Waals surface area contributed by atoms with Gasteiger partial charge in [0.15, 0.2) is 0 Å². The maximum atomic E-state index is 11.5. The monoisotopic (exact) mass is 214 g/mol. The Morgan fingerprint density at radius 2 is 2.13 bits per heavy atom. The Morgan fingerprint density at radius 1 is 1.40 bits per heavy atom. The van der Waals surface area contributed by atoms with E-state index in [4.69, 9.17) is 9.47 Å². The van der Waals surface area contributed by atoms with Crippen LogP contribution in [0, 0.1) is 0 Å². The number of carbonyl (C=O) groups excluding carboxylic acids is 1. The van der Waals surface area contributed by atoms with Crippen LogP contribution >= 0.6 is 0 Å². The Hall–Kier alpha value is -0.810. The fourth-order valence-corrected chi connectivity index (χ4v) is 1.89. The maximum absolute atomic E-state index is 11.5. The van der Waals surface area contributed by atoms with Gasteiger partial charge < -0.3 is 9.47 Å². The van der Waals surface area contributed by atoms with Gasteiger partial charge in [-0.05, 0) is 6.42 Å². The lowest BCUT2D eigenvalue weighted by Gasteiger charge is -2.29. The number of amides is 1. The first-order valence-electron chi connectivity index (χ1n) is 5.55. The molecule has 1 amide bonds. The van der Waals surface area contributed by atoms with Crippen LogP contribution in [0.4, 0.5) is 4.79 Å². The molecule has 0 radical (unpaired) electrons. The average molecular weight is 214 g/mol. The summed E-state index contributed by atoms with van der Waals surface area (Å²) in [7, 11) is 0. The van der Waals surface area contributed by atoms with E-state index >= 15 is 0 Å². The zero-order valence-electron chi connectivity index (χ0n) is 9.15. The third kappa shape index (κ3) is 2.60. The van der Waals surface area contributed by atoms with Gasteiger partial charge in [0.25, 0.3) is 0 Å². The van der Waals surface area contributed by atoms with Gasteiger partial charge in [-0.2, -0.15) is 0 Å². The fraction of sp³-hybridized carbons (Fsp3) is 0.900. The van der Waals surface area contributed by atoms with Crippen molar-refractivity contribution >= 4 is 6.09 Å². The number of carbonyl (C=O) groups is 1. The molecule has 0 aliphatic carbocycles. The van der Waals surface area contributed by atoms with Crippen molar-refractivity contribution < 1.29 is 14.3 Å². The zero-order valence-corrected chi connectivity index (χ0v) is 9.15. The minimum atomic E-state index is -0.173. The molecule has 15 heavy (non-hydrogen) atoms. The van der Waals surface area contributed by atoms with Crippen LogP contribution in [0.2, 0.25) is 0 Å². The van der Waals surface area contributed by atoms with Crippen LogP contribution in [0.1, 0.15) is 13.3 Å². The Kier molecular flexibility index (Phi) is 3.43. The number of ether oxygens (including phenoxy) is 2. The van der Waals surface area contributed by atoms with Gasteiger partial charge in [-0.3, -0.25) is 9.80 Å². The van der Waals surface area contributed by atoms with Crippen LogP contribution in [-0.4, -0.2) is 61.5 Å². The molecule has 2 heterocycles. The first-order valence-corrected chi connectivity index (χ1v) is 5.55. The molecule has 0 N–H and O–H groups in total. The van der Waals surface area contributed by atoms with Crippen LogP contribution in [0.3, 0.4) is 0 Å². The normalized spacial score (nSPS) is 28.2. The molecule has 86 valence electrons. The third-order valence-corrected chi connectivity index (χ3v) is 2.88. The molecular formula is C10H18N2O3. The van der Waals surface area contributed by atoms with Crippen molar-refractivity contribution in [2.24, 2.45) is 0 Å². The highest BCUT2D eigenvalue weighted by Gasteiger charge is 2.31. The molecule has 2 aliphatic rings. The van der Waals surface area contributed by atoms with Crippen molar-refractivity contribution in [1.29, 1.82) is 0 Å². The van der Waals surface area contributed by atoms with E-state index in [0.29, 0.717) is 6.67 Å². The second kappa shape index (κ2) is 4.81. The lowest BCUT2D eigenvalue weighted by Crippen LogP contribution is -2.44. The Balaban J connectivity index is 1.81. The molecular weight excluding hydrogens is 196 g/mol. The predicted octanol–water partition coefficient (Wildman–Crippen LogP) is 0.507. The van der Waals surface area contributed by atoms with Gasteiger partial charge in [0.05, 0.1) is 26.4 Å². The fourth-order valence-electron chi connectivity index (χ4n) is 1.89. The van der Waals surface area contributed by atoms with E-state index in [-0.39, 0.29) is 12.2 Å². The lowest BCUT2D eigenvalue weighted by molar-refractivity contribution is 0.0186. The van der Waals surface area contributed by atoms with Crippen molar-refractivity contribution in [2.45, 2.75) is 19.4 Å². The largest absolute Gasteiger partial charge is 0.444 e. The van der Waals surface area contributed by atoms with Gasteiger partial charge >= 0.3 is 6.09 Å². The van der Waals surface area contributed by atoms with E-state index in [1.165, 1.54) is 0 Å². The molecule has 0 aromatic heterocycles. The molecule has 0 spiro atoms. The number of rotatable bonds is 3.